The van der Waals surface area contributed by atoms with Gasteiger partial charge in [-0.3, -0.25) is 4.79 Å². The van der Waals surface area contributed by atoms with Crippen LogP contribution in [-0.4, -0.2) is 18.7 Å². The van der Waals surface area contributed by atoms with Gasteiger partial charge in [-0.2, -0.15) is 5.10 Å². The summed E-state index contributed by atoms with van der Waals surface area (Å²) in [5.41, 5.74) is 4.61. The van der Waals surface area contributed by atoms with Gasteiger partial charge in [0.05, 0.1) is 23.4 Å². The lowest BCUT2D eigenvalue weighted by Gasteiger charge is -2.08. The van der Waals surface area contributed by atoms with E-state index >= 15 is 0 Å². The fourth-order valence-corrected chi connectivity index (χ4v) is 2.63. The van der Waals surface area contributed by atoms with Crippen molar-refractivity contribution in [2.45, 2.75) is 19.8 Å². The molecule has 0 aliphatic carbocycles. The summed E-state index contributed by atoms with van der Waals surface area (Å²) >= 11 is 11.9. The largest absolute Gasteiger partial charge is 0.497 e. The van der Waals surface area contributed by atoms with Crippen LogP contribution in [0.25, 0.3) is 0 Å². The van der Waals surface area contributed by atoms with Gasteiger partial charge in [0, 0.05) is 5.02 Å². The molecule has 2 aromatic carbocycles. The number of ether oxygens (including phenoxy) is 1. The lowest BCUT2D eigenvalue weighted by Crippen LogP contribution is -2.20. The van der Waals surface area contributed by atoms with Gasteiger partial charge in [0.25, 0.3) is 5.91 Å². The van der Waals surface area contributed by atoms with Gasteiger partial charge in [-0.25, -0.2) is 5.43 Å². The summed E-state index contributed by atoms with van der Waals surface area (Å²) in [7, 11) is 1.62. The highest BCUT2D eigenvalue weighted by atomic mass is 35.5. The summed E-state index contributed by atoms with van der Waals surface area (Å²) in [6.45, 7) is 2.05. The van der Waals surface area contributed by atoms with Crippen LogP contribution in [-0.2, 0) is 0 Å². The number of hydrogen-bond donors (Lipinski definition) is 1. The van der Waals surface area contributed by atoms with Crippen molar-refractivity contribution in [1.29, 1.82) is 0 Å². The second-order valence-corrected chi connectivity index (χ2v) is 5.95. The van der Waals surface area contributed by atoms with E-state index in [9.17, 15) is 4.79 Å². The number of halogens is 2. The molecule has 126 valence electrons. The maximum Gasteiger partial charge on any atom is 0.272 e. The predicted molar refractivity (Wildman–Crippen MR) is 98.4 cm³/mol. The zero-order valence-electron chi connectivity index (χ0n) is 13.5. The maximum absolute atomic E-state index is 12.3. The third-order valence-electron chi connectivity index (χ3n) is 3.38. The molecule has 0 spiro atoms. The normalized spacial score (nSPS) is 11.2. The van der Waals surface area contributed by atoms with E-state index in [1.165, 1.54) is 6.07 Å². The summed E-state index contributed by atoms with van der Waals surface area (Å²) < 4.78 is 5.15. The number of nitrogens with one attached hydrogen (secondary N) is 1. The van der Waals surface area contributed by atoms with Crippen LogP contribution in [0, 0.1) is 0 Å². The summed E-state index contributed by atoms with van der Waals surface area (Å²) in [5, 5.41) is 5.03. The molecule has 0 saturated carbocycles. The second-order valence-electron chi connectivity index (χ2n) is 5.10. The molecule has 6 heteroatoms. The highest BCUT2D eigenvalue weighted by Gasteiger charge is 2.11. The summed E-state index contributed by atoms with van der Waals surface area (Å²) in [6, 6.07) is 12.3. The van der Waals surface area contributed by atoms with E-state index in [0.717, 1.165) is 29.9 Å². The van der Waals surface area contributed by atoms with E-state index in [4.69, 9.17) is 27.9 Å². The van der Waals surface area contributed by atoms with Crippen LogP contribution in [0.1, 0.15) is 35.7 Å². The Morgan fingerprint density at radius 1 is 1.17 bits per heavy atom. The minimum Gasteiger partial charge on any atom is -0.497 e. The van der Waals surface area contributed by atoms with Crippen LogP contribution >= 0.6 is 23.2 Å². The van der Waals surface area contributed by atoms with Crippen LogP contribution in [0.2, 0.25) is 10.0 Å². The second kappa shape index (κ2) is 8.71. The van der Waals surface area contributed by atoms with Crippen molar-refractivity contribution in [3.63, 3.8) is 0 Å². The topological polar surface area (TPSA) is 50.7 Å². The van der Waals surface area contributed by atoms with Crippen molar-refractivity contribution in [2.75, 3.05) is 7.11 Å². The van der Waals surface area contributed by atoms with E-state index in [2.05, 4.69) is 17.5 Å². The number of hydrazone groups is 1. The number of rotatable bonds is 6. The van der Waals surface area contributed by atoms with Gasteiger partial charge in [0.15, 0.2) is 0 Å². The van der Waals surface area contributed by atoms with Crippen molar-refractivity contribution in [1.82, 2.24) is 5.43 Å². The summed E-state index contributed by atoms with van der Waals surface area (Å²) in [5.74, 6) is 0.394. The van der Waals surface area contributed by atoms with E-state index in [1.807, 2.05) is 24.3 Å². The first kappa shape index (κ1) is 18.3. The SMILES string of the molecule is CCC/C(=N\NC(=O)c1ccc(Cl)cc1Cl)c1ccc(OC)cc1. The van der Waals surface area contributed by atoms with E-state index in [1.54, 1.807) is 19.2 Å². The van der Waals surface area contributed by atoms with Gasteiger partial charge in [-0.15, -0.1) is 0 Å². The van der Waals surface area contributed by atoms with Crippen molar-refractivity contribution < 1.29 is 9.53 Å². The molecule has 0 radical (unpaired) electrons. The molecule has 24 heavy (non-hydrogen) atoms. The average Bonchev–Trinajstić information content (AvgIpc) is 2.58. The minimum atomic E-state index is -0.376. The molecule has 0 unspecified atom stereocenters. The highest BCUT2D eigenvalue weighted by Crippen LogP contribution is 2.21. The quantitative estimate of drug-likeness (QED) is 0.583. The first-order chi connectivity index (χ1) is 11.5. The number of benzene rings is 2. The third-order valence-corrected chi connectivity index (χ3v) is 3.93. The fraction of sp³-hybridized carbons (Fsp3) is 0.222. The molecule has 0 fully saturated rings. The Balaban J connectivity index is 2.19. The lowest BCUT2D eigenvalue weighted by atomic mass is 10.1. The summed E-state index contributed by atoms with van der Waals surface area (Å²) in [6.07, 6.45) is 1.64. The Hall–Kier alpha value is -2.04. The minimum absolute atomic E-state index is 0.289. The van der Waals surface area contributed by atoms with Crippen molar-refractivity contribution in [3.8, 4) is 5.75 Å². The molecular weight excluding hydrogens is 347 g/mol. The first-order valence-corrected chi connectivity index (χ1v) is 8.27. The van der Waals surface area contributed by atoms with Gasteiger partial charge >= 0.3 is 0 Å². The number of methoxy groups -OCH3 is 1. The molecule has 0 saturated heterocycles. The molecule has 0 aromatic heterocycles. The van der Waals surface area contributed by atoms with Crippen LogP contribution in [0.5, 0.6) is 5.75 Å². The Morgan fingerprint density at radius 3 is 2.46 bits per heavy atom. The molecule has 1 N–H and O–H groups in total. The Morgan fingerprint density at radius 2 is 1.88 bits per heavy atom. The lowest BCUT2D eigenvalue weighted by molar-refractivity contribution is 0.0955. The maximum atomic E-state index is 12.3. The third kappa shape index (κ3) is 4.73. The number of hydrogen-bond acceptors (Lipinski definition) is 3. The van der Waals surface area contributed by atoms with Crippen molar-refractivity contribution in [3.05, 3.63) is 63.6 Å². The standard InChI is InChI=1S/C18H18Cl2N2O2/c1-3-4-17(12-5-8-14(24-2)9-6-12)21-22-18(23)15-10-7-13(19)11-16(15)20/h5-11H,3-4H2,1-2H3,(H,22,23)/b21-17+. The van der Waals surface area contributed by atoms with Crippen LogP contribution in [0.15, 0.2) is 47.6 Å². The van der Waals surface area contributed by atoms with Gasteiger partial charge in [-0.05, 0) is 54.4 Å². The molecule has 0 atom stereocenters. The first-order valence-electron chi connectivity index (χ1n) is 7.51. The van der Waals surface area contributed by atoms with Crippen LogP contribution in [0.3, 0.4) is 0 Å². The zero-order chi connectivity index (χ0) is 17.5. The molecule has 1 amide bonds. The van der Waals surface area contributed by atoms with Gasteiger partial charge in [-0.1, -0.05) is 36.5 Å². The molecule has 0 bridgehead atoms. The Bertz CT molecular complexity index is 743. The van der Waals surface area contributed by atoms with Gasteiger partial charge in [0.1, 0.15) is 5.75 Å². The molecule has 4 nitrogen and oxygen atoms in total. The average molecular weight is 365 g/mol. The fourth-order valence-electron chi connectivity index (χ4n) is 2.14. The molecule has 0 aliphatic rings. The van der Waals surface area contributed by atoms with Crippen LogP contribution in [0.4, 0.5) is 0 Å². The number of carbonyl (C=O) groups excluding carboxylic acids is 1. The predicted octanol–water partition coefficient (Wildman–Crippen LogP) is 4.94. The monoisotopic (exact) mass is 364 g/mol. The number of carbonyl (C=O) groups is 1. The van der Waals surface area contributed by atoms with Gasteiger partial charge < -0.3 is 4.74 Å². The van der Waals surface area contributed by atoms with Gasteiger partial charge in [0.2, 0.25) is 0 Å². The Labute approximate surface area is 151 Å². The van der Waals surface area contributed by atoms with Crippen molar-refractivity contribution >= 4 is 34.8 Å². The number of amides is 1. The molecular formula is C18H18Cl2N2O2. The highest BCUT2D eigenvalue weighted by molar-refractivity contribution is 6.36. The van der Waals surface area contributed by atoms with E-state index < -0.39 is 0 Å². The van der Waals surface area contributed by atoms with E-state index in [0.29, 0.717) is 10.6 Å². The van der Waals surface area contributed by atoms with Crippen molar-refractivity contribution in [2.24, 2.45) is 5.10 Å². The zero-order valence-corrected chi connectivity index (χ0v) is 15.0. The molecule has 0 aliphatic heterocycles. The van der Waals surface area contributed by atoms with Crippen LogP contribution < -0.4 is 10.2 Å². The molecule has 2 aromatic rings. The van der Waals surface area contributed by atoms with E-state index in [-0.39, 0.29) is 10.9 Å². The Kier molecular flexibility index (Phi) is 6.64. The smallest absolute Gasteiger partial charge is 0.272 e. The molecule has 2 rings (SSSR count). The molecule has 0 heterocycles. The summed E-state index contributed by atoms with van der Waals surface area (Å²) in [4.78, 5) is 12.3. The number of nitrogens with zero attached hydrogens (tertiary/aromatic N) is 1.